The molecule has 0 aliphatic heterocycles. The molecule has 2 N–H and O–H groups in total. The van der Waals surface area contributed by atoms with Crippen LogP contribution < -0.4 is 5.73 Å². The molecule has 94 valence electrons. The van der Waals surface area contributed by atoms with Gasteiger partial charge >= 0.3 is 5.97 Å². The van der Waals surface area contributed by atoms with Crippen molar-refractivity contribution in [3.63, 3.8) is 0 Å². The van der Waals surface area contributed by atoms with Crippen LogP contribution in [0.3, 0.4) is 0 Å². The van der Waals surface area contributed by atoms with Gasteiger partial charge in [-0.25, -0.2) is 0 Å². The number of ether oxygens (including phenoxy) is 1. The van der Waals surface area contributed by atoms with Crippen LogP contribution in [0.5, 0.6) is 0 Å². The number of hydrogen-bond donors (Lipinski definition) is 1. The summed E-state index contributed by atoms with van der Waals surface area (Å²) < 4.78 is 5.16. The van der Waals surface area contributed by atoms with Crippen LogP contribution in [0.4, 0.5) is 0 Å². The van der Waals surface area contributed by atoms with Crippen molar-refractivity contribution in [3.05, 3.63) is 35.9 Å². The van der Waals surface area contributed by atoms with Crippen LogP contribution >= 0.6 is 0 Å². The van der Waals surface area contributed by atoms with Gasteiger partial charge in [0.2, 0.25) is 0 Å². The van der Waals surface area contributed by atoms with Crippen LogP contribution in [0.2, 0.25) is 0 Å². The van der Waals surface area contributed by atoms with E-state index in [0.29, 0.717) is 13.0 Å². The molecule has 1 rings (SSSR count). The van der Waals surface area contributed by atoms with Crippen LogP contribution in [-0.2, 0) is 16.1 Å². The molecule has 0 amide bonds. The van der Waals surface area contributed by atoms with Crippen LogP contribution in [0, 0.1) is 0 Å². The highest BCUT2D eigenvalue weighted by atomic mass is 16.5. The summed E-state index contributed by atoms with van der Waals surface area (Å²) in [5.41, 5.74) is 6.74. The quantitative estimate of drug-likeness (QED) is 0.584. The molecule has 0 aliphatic rings. The van der Waals surface area contributed by atoms with Gasteiger partial charge in [-0.3, -0.25) is 4.79 Å². The van der Waals surface area contributed by atoms with E-state index in [9.17, 15) is 4.79 Å². The number of hydrogen-bond acceptors (Lipinski definition) is 3. The molecular formula is C14H21NO2. The van der Waals surface area contributed by atoms with Gasteiger partial charge < -0.3 is 10.5 Å². The van der Waals surface area contributed by atoms with Crippen LogP contribution in [-0.4, -0.2) is 12.0 Å². The van der Waals surface area contributed by atoms with E-state index in [1.807, 2.05) is 30.3 Å². The Balaban J connectivity index is 2.24. The predicted molar refractivity (Wildman–Crippen MR) is 68.4 cm³/mol. The Morgan fingerprint density at radius 2 is 2.00 bits per heavy atom. The fourth-order valence-corrected chi connectivity index (χ4v) is 1.57. The number of unbranched alkanes of at least 4 members (excludes halogenated alkanes) is 2. The third-order valence-corrected chi connectivity index (χ3v) is 2.65. The molecular weight excluding hydrogens is 214 g/mol. The normalized spacial score (nSPS) is 12.1. The highest BCUT2D eigenvalue weighted by Gasteiger charge is 2.14. The molecule has 1 atom stereocenters. The zero-order valence-electron chi connectivity index (χ0n) is 10.4. The molecule has 3 heteroatoms. The van der Waals surface area contributed by atoms with Crippen molar-refractivity contribution >= 4 is 5.97 Å². The number of carbonyl (C=O) groups excluding carboxylic acids is 1. The first-order chi connectivity index (χ1) is 8.24. The zero-order valence-corrected chi connectivity index (χ0v) is 10.4. The summed E-state index contributed by atoms with van der Waals surface area (Å²) in [5.74, 6) is -0.301. The topological polar surface area (TPSA) is 52.3 Å². The minimum atomic E-state index is -0.481. The Labute approximate surface area is 103 Å². The van der Waals surface area contributed by atoms with Crippen molar-refractivity contribution in [2.75, 3.05) is 0 Å². The van der Waals surface area contributed by atoms with Crippen molar-refractivity contribution < 1.29 is 9.53 Å². The molecule has 0 bridgehead atoms. The lowest BCUT2D eigenvalue weighted by Crippen LogP contribution is -2.32. The second-order valence-corrected chi connectivity index (χ2v) is 4.20. The Hall–Kier alpha value is -1.35. The number of nitrogens with two attached hydrogens (primary N) is 1. The average Bonchev–Trinajstić information content (AvgIpc) is 2.37. The average molecular weight is 235 g/mol. The van der Waals surface area contributed by atoms with E-state index < -0.39 is 6.04 Å². The van der Waals surface area contributed by atoms with Gasteiger partial charge in [0.25, 0.3) is 0 Å². The standard InChI is InChI=1S/C14H21NO2/c1-2-3-5-10-13(15)14(16)17-11-12-8-6-4-7-9-12/h4,6-9,13H,2-3,5,10-11,15H2,1H3/t13-/m1/s1. The van der Waals surface area contributed by atoms with E-state index in [0.717, 1.165) is 24.8 Å². The zero-order chi connectivity index (χ0) is 12.5. The Morgan fingerprint density at radius 3 is 2.65 bits per heavy atom. The van der Waals surface area contributed by atoms with Crippen molar-refractivity contribution in [1.82, 2.24) is 0 Å². The van der Waals surface area contributed by atoms with E-state index in [-0.39, 0.29) is 5.97 Å². The first-order valence-corrected chi connectivity index (χ1v) is 6.20. The predicted octanol–water partition coefficient (Wildman–Crippen LogP) is 2.64. The van der Waals surface area contributed by atoms with Crippen LogP contribution in [0.25, 0.3) is 0 Å². The van der Waals surface area contributed by atoms with Gasteiger partial charge in [0.05, 0.1) is 0 Å². The largest absolute Gasteiger partial charge is 0.460 e. The first-order valence-electron chi connectivity index (χ1n) is 6.20. The summed E-state index contributed by atoms with van der Waals surface area (Å²) in [6.45, 7) is 2.43. The van der Waals surface area contributed by atoms with E-state index in [2.05, 4.69) is 6.92 Å². The molecule has 1 aromatic carbocycles. The lowest BCUT2D eigenvalue weighted by Gasteiger charge is -2.11. The van der Waals surface area contributed by atoms with Gasteiger partial charge in [-0.2, -0.15) is 0 Å². The van der Waals surface area contributed by atoms with Gasteiger partial charge in [-0.15, -0.1) is 0 Å². The summed E-state index contributed by atoms with van der Waals surface area (Å²) in [5, 5.41) is 0. The third kappa shape index (κ3) is 5.50. The van der Waals surface area contributed by atoms with Crippen molar-refractivity contribution in [2.45, 2.75) is 45.3 Å². The van der Waals surface area contributed by atoms with E-state index >= 15 is 0 Å². The third-order valence-electron chi connectivity index (χ3n) is 2.65. The lowest BCUT2D eigenvalue weighted by molar-refractivity contribution is -0.146. The molecule has 0 aromatic heterocycles. The smallest absolute Gasteiger partial charge is 0.323 e. The summed E-state index contributed by atoms with van der Waals surface area (Å²) >= 11 is 0. The fourth-order valence-electron chi connectivity index (χ4n) is 1.57. The number of benzene rings is 1. The van der Waals surface area contributed by atoms with Gasteiger partial charge in [-0.05, 0) is 12.0 Å². The number of carbonyl (C=O) groups is 1. The summed E-state index contributed by atoms with van der Waals surface area (Å²) in [6.07, 6.45) is 3.94. The van der Waals surface area contributed by atoms with Crippen LogP contribution in [0.15, 0.2) is 30.3 Å². The van der Waals surface area contributed by atoms with Gasteiger partial charge in [0.15, 0.2) is 0 Å². The Bertz CT molecular complexity index is 324. The molecule has 0 saturated heterocycles. The maximum atomic E-state index is 11.6. The molecule has 0 aliphatic carbocycles. The highest BCUT2D eigenvalue weighted by molar-refractivity contribution is 5.75. The minimum Gasteiger partial charge on any atom is -0.460 e. The van der Waals surface area contributed by atoms with Gasteiger partial charge in [0.1, 0.15) is 12.6 Å². The fraction of sp³-hybridized carbons (Fsp3) is 0.500. The van der Waals surface area contributed by atoms with E-state index in [1.165, 1.54) is 0 Å². The molecule has 3 nitrogen and oxygen atoms in total. The summed E-state index contributed by atoms with van der Waals surface area (Å²) in [6, 6.07) is 9.15. The minimum absolute atomic E-state index is 0.301. The highest BCUT2D eigenvalue weighted by Crippen LogP contribution is 2.05. The number of esters is 1. The molecule has 0 saturated carbocycles. The monoisotopic (exact) mass is 235 g/mol. The van der Waals surface area contributed by atoms with Crippen molar-refractivity contribution in [3.8, 4) is 0 Å². The van der Waals surface area contributed by atoms with E-state index in [1.54, 1.807) is 0 Å². The molecule has 0 heterocycles. The number of rotatable bonds is 7. The van der Waals surface area contributed by atoms with E-state index in [4.69, 9.17) is 10.5 Å². The van der Waals surface area contributed by atoms with Crippen LogP contribution in [0.1, 0.15) is 38.2 Å². The molecule has 0 unspecified atom stereocenters. The maximum Gasteiger partial charge on any atom is 0.323 e. The Morgan fingerprint density at radius 1 is 1.29 bits per heavy atom. The summed E-state index contributed by atoms with van der Waals surface area (Å²) in [7, 11) is 0. The van der Waals surface area contributed by atoms with Gasteiger partial charge in [-0.1, -0.05) is 56.5 Å². The molecule has 0 fully saturated rings. The summed E-state index contributed by atoms with van der Waals surface area (Å²) in [4.78, 5) is 11.6. The Kier molecular flexibility index (Phi) is 6.33. The molecule has 0 radical (unpaired) electrons. The lowest BCUT2D eigenvalue weighted by atomic mass is 10.1. The second-order valence-electron chi connectivity index (χ2n) is 4.20. The van der Waals surface area contributed by atoms with Crippen molar-refractivity contribution in [2.24, 2.45) is 5.73 Å². The second kappa shape index (κ2) is 7.85. The SMILES string of the molecule is CCCCC[C@@H](N)C(=O)OCc1ccccc1. The van der Waals surface area contributed by atoms with Crippen molar-refractivity contribution in [1.29, 1.82) is 0 Å². The maximum absolute atomic E-state index is 11.6. The van der Waals surface area contributed by atoms with Gasteiger partial charge in [0, 0.05) is 0 Å². The molecule has 0 spiro atoms. The molecule has 1 aromatic rings. The molecule has 17 heavy (non-hydrogen) atoms. The first kappa shape index (κ1) is 13.7.